The largest absolute Gasteiger partial charge is 0.394 e. The minimum atomic E-state index is -1.46. The molecule has 41 heteroatoms. The van der Waals surface area contributed by atoms with E-state index in [1.165, 1.54) is 20.8 Å². The van der Waals surface area contributed by atoms with Crippen LogP contribution in [0.2, 0.25) is 0 Å². The Labute approximate surface area is 610 Å². The summed E-state index contributed by atoms with van der Waals surface area (Å²) in [6.45, 7) is 6.01. The Bertz CT molecular complexity index is 2140. The van der Waals surface area contributed by atoms with Crippen molar-refractivity contribution in [3.8, 4) is 0 Å². The predicted molar refractivity (Wildman–Crippen MR) is 358 cm³/mol. The molecule has 7 amide bonds. The fraction of sp³-hybridized carbons (Fsp3) is 0.891. The van der Waals surface area contributed by atoms with E-state index in [0.29, 0.717) is 19.8 Å². The Morgan fingerprint density at radius 3 is 0.848 bits per heavy atom. The molecular formula is C64H117N7O34. The van der Waals surface area contributed by atoms with Gasteiger partial charge in [-0.1, -0.05) is 0 Å². The Hall–Kier alpha value is -4.79. The summed E-state index contributed by atoms with van der Waals surface area (Å²) in [5.41, 5.74) is -1.45. The zero-order valence-corrected chi connectivity index (χ0v) is 60.6. The van der Waals surface area contributed by atoms with Gasteiger partial charge >= 0.3 is 0 Å². The highest BCUT2D eigenvalue weighted by atomic mass is 16.7. The van der Waals surface area contributed by atoms with Crippen LogP contribution in [0.15, 0.2) is 0 Å². The lowest BCUT2D eigenvalue weighted by molar-refractivity contribution is -0.272. The molecule has 0 spiro atoms. The summed E-state index contributed by atoms with van der Waals surface area (Å²) in [7, 11) is 0. The van der Waals surface area contributed by atoms with Crippen molar-refractivity contribution < 1.29 is 165 Å². The Morgan fingerprint density at radius 2 is 0.571 bits per heavy atom. The van der Waals surface area contributed by atoms with Crippen molar-refractivity contribution in [1.82, 2.24) is 37.2 Å². The van der Waals surface area contributed by atoms with Crippen molar-refractivity contribution in [2.45, 2.75) is 151 Å². The molecule has 3 aliphatic heterocycles. The van der Waals surface area contributed by atoms with Crippen molar-refractivity contribution in [3.63, 3.8) is 0 Å². The van der Waals surface area contributed by atoms with Crippen LogP contribution in [0.3, 0.4) is 0 Å². The first kappa shape index (κ1) is 94.4. The number of aliphatic hydroxyl groups is 9. The normalized spacial score (nSPS) is 25.2. The van der Waals surface area contributed by atoms with Crippen LogP contribution in [0.5, 0.6) is 0 Å². The molecule has 15 atom stereocenters. The summed E-state index contributed by atoms with van der Waals surface area (Å²) in [5.74, 6) is -3.15. The highest BCUT2D eigenvalue weighted by Gasteiger charge is 2.48. The van der Waals surface area contributed by atoms with Gasteiger partial charge in [-0.05, 0) is 6.92 Å². The molecule has 0 aliphatic carbocycles. The van der Waals surface area contributed by atoms with Crippen LogP contribution >= 0.6 is 0 Å². The fourth-order valence-electron chi connectivity index (χ4n) is 10.2. The molecule has 612 valence electrons. The molecular weight excluding hydrogens is 1410 g/mol. The number of amides is 7. The second kappa shape index (κ2) is 57.3. The first-order valence-corrected chi connectivity index (χ1v) is 35.2. The van der Waals surface area contributed by atoms with E-state index in [9.17, 15) is 79.5 Å². The van der Waals surface area contributed by atoms with Crippen molar-refractivity contribution in [2.24, 2.45) is 0 Å². The fourth-order valence-corrected chi connectivity index (χ4v) is 10.2. The third-order valence-corrected chi connectivity index (χ3v) is 15.5. The average Bonchev–Trinajstić information content (AvgIpc) is 0.763. The highest BCUT2D eigenvalue weighted by Crippen LogP contribution is 2.25. The molecule has 3 rings (SSSR count). The van der Waals surface area contributed by atoms with Crippen LogP contribution in [-0.2, 0) is 119 Å². The summed E-state index contributed by atoms with van der Waals surface area (Å²) in [6.07, 6.45) is -16.2. The van der Waals surface area contributed by atoms with Gasteiger partial charge in [0, 0.05) is 72.7 Å². The van der Waals surface area contributed by atoms with E-state index in [4.69, 9.17) is 85.3 Å². The van der Waals surface area contributed by atoms with E-state index in [2.05, 4.69) is 37.2 Å². The number of hydrogen-bond acceptors (Lipinski definition) is 34. The first-order chi connectivity index (χ1) is 50.6. The molecule has 0 aromatic rings. The van der Waals surface area contributed by atoms with Gasteiger partial charge in [0.05, 0.1) is 192 Å². The molecule has 0 aromatic heterocycles. The molecule has 41 nitrogen and oxygen atoms in total. The van der Waals surface area contributed by atoms with Crippen molar-refractivity contribution in [3.05, 3.63) is 0 Å². The molecule has 0 aromatic carbocycles. The summed E-state index contributed by atoms with van der Waals surface area (Å²) < 4.78 is 101. The van der Waals surface area contributed by atoms with Crippen LogP contribution < -0.4 is 37.2 Å². The van der Waals surface area contributed by atoms with E-state index in [-0.39, 0.29) is 204 Å². The second-order valence-corrected chi connectivity index (χ2v) is 24.0. The summed E-state index contributed by atoms with van der Waals surface area (Å²) in [4.78, 5) is 87.6. The lowest BCUT2D eigenvalue weighted by Crippen LogP contribution is -2.64. The van der Waals surface area contributed by atoms with E-state index in [1.54, 1.807) is 0 Å². The Balaban J connectivity index is 1.51. The minimum absolute atomic E-state index is 0.00455. The van der Waals surface area contributed by atoms with E-state index in [0.717, 1.165) is 0 Å². The SMILES string of the molecule is CCOCCOCCOCCC(=O)NC(COCCC(=O)NCCOCCOCCOC1OC(CO)C(O)C(O)C1NC(C)=O)(COCCC(=O)NCCOCCOCCOC1OC(CO)C(O)C(O)C1NC(C)=O)COCCC(=O)NCCOCCOCCOC1OC(CO)C(O)C(O)C1NC(C)=O. The zero-order valence-electron chi connectivity index (χ0n) is 60.6. The monoisotopic (exact) mass is 1530 g/mol. The van der Waals surface area contributed by atoms with Gasteiger partial charge in [-0.2, -0.15) is 0 Å². The quantitative estimate of drug-likeness (QED) is 0.0252. The van der Waals surface area contributed by atoms with Crippen molar-refractivity contribution in [2.75, 3.05) is 218 Å². The molecule has 3 saturated heterocycles. The predicted octanol–water partition coefficient (Wildman–Crippen LogP) is -9.15. The molecule has 3 heterocycles. The standard InChI is InChI=1S/C64H117N7O34/c1-5-88-20-21-93-26-22-89-13-9-51(81)71-64(39-97-14-6-48(78)65-10-17-90-23-27-94-30-33-100-61-52(68-42(2)75)58(85)55(82)45(36-72)103-61,40-98-15-7-49(79)66-11-18-91-24-28-95-31-34-101-62-53(69-43(3)76)59(86)56(83)46(37-73)104-62)41-99-16-8-50(80)67-12-19-92-25-29-96-32-35-102-63-54(70-44(4)77)60(87)57(84)47(38-74)105-63/h45-47,52-63,72-74,82-87H,5-41H2,1-4H3,(H,65,78)(H,66,79)(H,67,80)(H,68,75)(H,69,76)(H,70,77)(H,71,81). The molecule has 15 unspecified atom stereocenters. The van der Waals surface area contributed by atoms with Gasteiger partial charge < -0.3 is 168 Å². The average molecular weight is 1530 g/mol. The molecule has 3 aliphatic rings. The second-order valence-electron chi connectivity index (χ2n) is 24.0. The van der Waals surface area contributed by atoms with Crippen LogP contribution in [0, 0.1) is 0 Å². The number of ether oxygens (including phenoxy) is 18. The van der Waals surface area contributed by atoms with Gasteiger partial charge in [0.15, 0.2) is 18.9 Å². The first-order valence-electron chi connectivity index (χ1n) is 35.2. The zero-order chi connectivity index (χ0) is 77.0. The van der Waals surface area contributed by atoms with Crippen molar-refractivity contribution in [1.29, 1.82) is 0 Å². The van der Waals surface area contributed by atoms with Crippen LogP contribution in [-0.4, -0.2) is 403 Å². The molecule has 0 bridgehead atoms. The van der Waals surface area contributed by atoms with Crippen LogP contribution in [0.25, 0.3) is 0 Å². The van der Waals surface area contributed by atoms with Gasteiger partial charge in [-0.25, -0.2) is 0 Å². The smallest absolute Gasteiger partial charge is 0.222 e. The molecule has 0 radical (unpaired) electrons. The molecule has 3 fully saturated rings. The lowest BCUT2D eigenvalue weighted by atomic mass is 9.97. The Kier molecular flexibility index (Phi) is 51.5. The van der Waals surface area contributed by atoms with E-state index < -0.39 is 159 Å². The third-order valence-electron chi connectivity index (χ3n) is 15.5. The van der Waals surface area contributed by atoms with Gasteiger partial charge in [-0.15, -0.1) is 0 Å². The van der Waals surface area contributed by atoms with Crippen molar-refractivity contribution >= 4 is 41.4 Å². The van der Waals surface area contributed by atoms with E-state index in [1.807, 2.05) is 6.92 Å². The minimum Gasteiger partial charge on any atom is -0.394 e. The number of aliphatic hydroxyl groups excluding tert-OH is 9. The topological polar surface area (TPSA) is 552 Å². The Morgan fingerprint density at radius 1 is 0.324 bits per heavy atom. The third kappa shape index (κ3) is 40.5. The summed E-state index contributed by atoms with van der Waals surface area (Å²) >= 11 is 0. The molecule has 105 heavy (non-hydrogen) atoms. The summed E-state index contributed by atoms with van der Waals surface area (Å²) in [6, 6.07) is -3.30. The number of nitrogens with one attached hydrogen (secondary N) is 7. The van der Waals surface area contributed by atoms with Gasteiger partial charge in [-0.3, -0.25) is 33.6 Å². The lowest BCUT2D eigenvalue weighted by Gasteiger charge is -2.42. The van der Waals surface area contributed by atoms with Crippen LogP contribution in [0.4, 0.5) is 0 Å². The maximum Gasteiger partial charge on any atom is 0.222 e. The molecule has 16 N–H and O–H groups in total. The number of rotatable bonds is 62. The number of carbonyl (C=O) groups excluding carboxylic acids is 7. The van der Waals surface area contributed by atoms with Gasteiger partial charge in [0.2, 0.25) is 41.4 Å². The number of hydrogen-bond donors (Lipinski definition) is 16. The molecule has 0 saturated carbocycles. The summed E-state index contributed by atoms with van der Waals surface area (Å²) in [5, 5.41) is 109. The maximum absolute atomic E-state index is 13.7. The van der Waals surface area contributed by atoms with Gasteiger partial charge in [0.25, 0.3) is 0 Å². The van der Waals surface area contributed by atoms with Gasteiger partial charge in [0.1, 0.15) is 78.6 Å². The maximum atomic E-state index is 13.7. The highest BCUT2D eigenvalue weighted by molar-refractivity contribution is 5.78. The van der Waals surface area contributed by atoms with E-state index >= 15 is 0 Å². The van der Waals surface area contributed by atoms with Crippen LogP contribution in [0.1, 0.15) is 53.4 Å². The number of carbonyl (C=O) groups is 7.